The largest absolute Gasteiger partial charge is 0.490 e. The second kappa shape index (κ2) is 3.86. The standard InChI is InChI=1S/C13H18O2/c1-8-4-9(2)10(3)13(5-8)15-12-6-11(14)7-12/h4-5,11-12,14H,6-7H2,1-3H3. The summed E-state index contributed by atoms with van der Waals surface area (Å²) < 4.78 is 5.85. The second-order valence-corrected chi connectivity index (χ2v) is 4.57. The van der Waals surface area contributed by atoms with Crippen LogP contribution in [0.5, 0.6) is 5.75 Å². The van der Waals surface area contributed by atoms with Crippen molar-refractivity contribution in [3.63, 3.8) is 0 Å². The molecule has 0 heterocycles. The number of aryl methyl sites for hydroxylation is 2. The third-order valence-electron chi connectivity index (χ3n) is 3.13. The zero-order valence-electron chi connectivity index (χ0n) is 9.58. The summed E-state index contributed by atoms with van der Waals surface area (Å²) in [6, 6.07) is 4.24. The van der Waals surface area contributed by atoms with Crippen molar-refractivity contribution in [1.29, 1.82) is 0 Å². The Hall–Kier alpha value is -1.02. The lowest BCUT2D eigenvalue weighted by Gasteiger charge is -2.32. The molecule has 82 valence electrons. The first-order valence-corrected chi connectivity index (χ1v) is 5.49. The lowest BCUT2D eigenvalue weighted by molar-refractivity contribution is -0.0111. The molecule has 1 fully saturated rings. The fourth-order valence-electron chi connectivity index (χ4n) is 1.94. The van der Waals surface area contributed by atoms with E-state index in [-0.39, 0.29) is 12.2 Å². The fraction of sp³-hybridized carbons (Fsp3) is 0.538. The van der Waals surface area contributed by atoms with Gasteiger partial charge in [-0.1, -0.05) is 6.07 Å². The predicted octanol–water partition coefficient (Wildman–Crippen LogP) is 2.51. The number of ether oxygens (including phenoxy) is 1. The van der Waals surface area contributed by atoms with Crippen molar-refractivity contribution >= 4 is 0 Å². The van der Waals surface area contributed by atoms with Crippen LogP contribution in [-0.4, -0.2) is 17.3 Å². The van der Waals surface area contributed by atoms with Gasteiger partial charge in [-0.25, -0.2) is 0 Å². The highest BCUT2D eigenvalue weighted by molar-refractivity contribution is 5.42. The van der Waals surface area contributed by atoms with Crippen LogP contribution in [-0.2, 0) is 0 Å². The smallest absolute Gasteiger partial charge is 0.123 e. The first-order chi connectivity index (χ1) is 7.06. The molecule has 1 saturated carbocycles. The lowest BCUT2D eigenvalue weighted by Crippen LogP contribution is -2.37. The average Bonchev–Trinajstić information content (AvgIpc) is 2.10. The molecular weight excluding hydrogens is 188 g/mol. The van der Waals surface area contributed by atoms with E-state index in [1.807, 2.05) is 0 Å². The molecule has 1 aromatic rings. The normalized spacial score (nSPS) is 24.8. The molecule has 0 aliphatic heterocycles. The van der Waals surface area contributed by atoms with E-state index >= 15 is 0 Å². The summed E-state index contributed by atoms with van der Waals surface area (Å²) in [6.45, 7) is 6.26. The maximum absolute atomic E-state index is 9.19. The molecule has 0 bridgehead atoms. The maximum atomic E-state index is 9.19. The Morgan fingerprint density at radius 2 is 1.87 bits per heavy atom. The number of benzene rings is 1. The maximum Gasteiger partial charge on any atom is 0.123 e. The first-order valence-electron chi connectivity index (χ1n) is 5.49. The molecule has 2 heteroatoms. The van der Waals surface area contributed by atoms with Crippen LogP contribution in [0.25, 0.3) is 0 Å². The van der Waals surface area contributed by atoms with Gasteiger partial charge in [-0.15, -0.1) is 0 Å². The summed E-state index contributed by atoms with van der Waals surface area (Å²) in [5, 5.41) is 9.19. The molecule has 0 aromatic heterocycles. The topological polar surface area (TPSA) is 29.5 Å². The SMILES string of the molecule is Cc1cc(C)c(C)c(OC2CC(O)C2)c1. The van der Waals surface area contributed by atoms with Gasteiger partial charge in [-0.05, 0) is 43.5 Å². The van der Waals surface area contributed by atoms with E-state index < -0.39 is 0 Å². The minimum atomic E-state index is -0.152. The summed E-state index contributed by atoms with van der Waals surface area (Å²) >= 11 is 0. The molecule has 0 amide bonds. The fourth-order valence-corrected chi connectivity index (χ4v) is 1.94. The third kappa shape index (κ3) is 2.15. The number of aliphatic hydroxyl groups is 1. The third-order valence-corrected chi connectivity index (χ3v) is 3.13. The molecule has 0 atom stereocenters. The van der Waals surface area contributed by atoms with E-state index in [1.54, 1.807) is 0 Å². The van der Waals surface area contributed by atoms with Gasteiger partial charge in [0.2, 0.25) is 0 Å². The number of rotatable bonds is 2. The van der Waals surface area contributed by atoms with Crippen LogP contribution in [0.3, 0.4) is 0 Å². The zero-order valence-corrected chi connectivity index (χ0v) is 9.58. The highest BCUT2D eigenvalue weighted by Gasteiger charge is 2.29. The Bertz CT molecular complexity index is 365. The van der Waals surface area contributed by atoms with Crippen LogP contribution in [0.4, 0.5) is 0 Å². The number of hydrogen-bond acceptors (Lipinski definition) is 2. The average molecular weight is 206 g/mol. The van der Waals surface area contributed by atoms with Crippen molar-refractivity contribution in [2.45, 2.75) is 45.8 Å². The molecule has 0 saturated heterocycles. The summed E-state index contributed by atoms with van der Waals surface area (Å²) in [5.74, 6) is 0.976. The van der Waals surface area contributed by atoms with Crippen molar-refractivity contribution in [2.75, 3.05) is 0 Å². The summed E-state index contributed by atoms with van der Waals surface area (Å²) in [4.78, 5) is 0. The minimum absolute atomic E-state index is 0.152. The molecular formula is C13H18O2. The van der Waals surface area contributed by atoms with Crippen LogP contribution >= 0.6 is 0 Å². The van der Waals surface area contributed by atoms with E-state index in [9.17, 15) is 5.11 Å². The molecule has 0 unspecified atom stereocenters. The molecule has 0 spiro atoms. The number of hydrogen-bond donors (Lipinski definition) is 1. The number of aliphatic hydroxyl groups excluding tert-OH is 1. The van der Waals surface area contributed by atoms with E-state index in [0.29, 0.717) is 0 Å². The van der Waals surface area contributed by atoms with Gasteiger partial charge in [0.1, 0.15) is 11.9 Å². The Balaban J connectivity index is 2.13. The van der Waals surface area contributed by atoms with Crippen molar-refractivity contribution in [3.8, 4) is 5.75 Å². The van der Waals surface area contributed by atoms with Crippen molar-refractivity contribution in [1.82, 2.24) is 0 Å². The molecule has 1 aromatic carbocycles. The van der Waals surface area contributed by atoms with E-state index in [0.717, 1.165) is 18.6 Å². The van der Waals surface area contributed by atoms with Gasteiger partial charge < -0.3 is 9.84 Å². The van der Waals surface area contributed by atoms with E-state index in [2.05, 4.69) is 32.9 Å². The van der Waals surface area contributed by atoms with Crippen molar-refractivity contribution in [2.24, 2.45) is 0 Å². The Kier molecular flexibility index (Phi) is 2.70. The van der Waals surface area contributed by atoms with Gasteiger partial charge in [0.15, 0.2) is 0 Å². The highest BCUT2D eigenvalue weighted by Crippen LogP contribution is 2.29. The van der Waals surface area contributed by atoms with Crippen molar-refractivity contribution < 1.29 is 9.84 Å². The lowest BCUT2D eigenvalue weighted by atomic mass is 9.92. The van der Waals surface area contributed by atoms with Gasteiger partial charge >= 0.3 is 0 Å². The zero-order chi connectivity index (χ0) is 11.0. The highest BCUT2D eigenvalue weighted by atomic mass is 16.5. The summed E-state index contributed by atoms with van der Waals surface area (Å²) in [7, 11) is 0. The van der Waals surface area contributed by atoms with Gasteiger partial charge in [0.25, 0.3) is 0 Å². The van der Waals surface area contributed by atoms with Gasteiger partial charge in [0.05, 0.1) is 6.10 Å². The summed E-state index contributed by atoms with van der Waals surface area (Å²) in [5.41, 5.74) is 3.71. The van der Waals surface area contributed by atoms with Gasteiger partial charge in [0, 0.05) is 12.8 Å². The Morgan fingerprint density at radius 1 is 1.20 bits per heavy atom. The van der Waals surface area contributed by atoms with Crippen LogP contribution < -0.4 is 4.74 Å². The molecule has 2 nitrogen and oxygen atoms in total. The molecule has 2 rings (SSSR count). The molecule has 1 aliphatic rings. The Morgan fingerprint density at radius 3 is 2.47 bits per heavy atom. The van der Waals surface area contributed by atoms with E-state index in [1.165, 1.54) is 16.7 Å². The van der Waals surface area contributed by atoms with Crippen LogP contribution in [0.2, 0.25) is 0 Å². The van der Waals surface area contributed by atoms with Gasteiger partial charge in [-0.3, -0.25) is 0 Å². The molecule has 0 radical (unpaired) electrons. The first kappa shape index (κ1) is 10.5. The summed E-state index contributed by atoms with van der Waals surface area (Å²) in [6.07, 6.45) is 1.60. The van der Waals surface area contributed by atoms with Gasteiger partial charge in [-0.2, -0.15) is 0 Å². The molecule has 1 aliphatic carbocycles. The molecule has 1 N–H and O–H groups in total. The van der Waals surface area contributed by atoms with E-state index in [4.69, 9.17) is 4.74 Å². The quantitative estimate of drug-likeness (QED) is 0.805. The van der Waals surface area contributed by atoms with Crippen molar-refractivity contribution in [3.05, 3.63) is 28.8 Å². The monoisotopic (exact) mass is 206 g/mol. The van der Waals surface area contributed by atoms with Crippen LogP contribution in [0.1, 0.15) is 29.5 Å². The van der Waals surface area contributed by atoms with Crippen LogP contribution in [0.15, 0.2) is 12.1 Å². The molecule has 15 heavy (non-hydrogen) atoms. The van der Waals surface area contributed by atoms with Crippen LogP contribution in [0, 0.1) is 20.8 Å². The Labute approximate surface area is 90.9 Å². The minimum Gasteiger partial charge on any atom is -0.490 e. The second-order valence-electron chi connectivity index (χ2n) is 4.57. The predicted molar refractivity (Wildman–Crippen MR) is 60.3 cm³/mol.